The van der Waals surface area contributed by atoms with Crippen molar-refractivity contribution in [3.63, 3.8) is 0 Å². The van der Waals surface area contributed by atoms with E-state index >= 15 is 0 Å². The molecule has 0 saturated heterocycles. The Kier molecular flexibility index (Phi) is 6.62. The predicted octanol–water partition coefficient (Wildman–Crippen LogP) is 3.37. The van der Waals surface area contributed by atoms with Crippen molar-refractivity contribution in [2.75, 3.05) is 6.54 Å². The first-order chi connectivity index (χ1) is 6.90. The number of amides is 1. The molecule has 2 nitrogen and oxygen atoms in total. The van der Waals surface area contributed by atoms with E-state index in [9.17, 15) is 4.79 Å². The van der Waals surface area contributed by atoms with Gasteiger partial charge in [0.15, 0.2) is 0 Å². The first kappa shape index (κ1) is 14.5. The molecule has 90 valence electrons. The molecule has 1 unspecified atom stereocenters. The molecule has 0 aromatic carbocycles. The molecule has 0 aliphatic carbocycles. The summed E-state index contributed by atoms with van der Waals surface area (Å²) in [6, 6.07) is 0. The van der Waals surface area contributed by atoms with Gasteiger partial charge < -0.3 is 5.32 Å². The zero-order valence-electron chi connectivity index (χ0n) is 11.0. The highest BCUT2D eigenvalue weighted by Gasteiger charge is 2.23. The normalized spacial score (nSPS) is 13.7. The molecule has 15 heavy (non-hydrogen) atoms. The van der Waals surface area contributed by atoms with E-state index in [0.717, 1.165) is 25.8 Å². The molecule has 0 saturated carbocycles. The highest BCUT2D eigenvalue weighted by atomic mass is 16.1. The molecule has 0 aromatic rings. The second-order valence-corrected chi connectivity index (χ2v) is 5.50. The second kappa shape index (κ2) is 6.86. The molecular formula is C13H27NO. The molecule has 0 fully saturated rings. The average Bonchev–Trinajstić information content (AvgIpc) is 2.10. The largest absolute Gasteiger partial charge is 0.356 e. The highest BCUT2D eigenvalue weighted by Crippen LogP contribution is 2.27. The molecule has 0 heterocycles. The van der Waals surface area contributed by atoms with Crippen LogP contribution in [0.1, 0.15) is 60.3 Å². The lowest BCUT2D eigenvalue weighted by Crippen LogP contribution is -2.32. The van der Waals surface area contributed by atoms with Crippen LogP contribution >= 0.6 is 0 Å². The molecule has 1 atom stereocenters. The van der Waals surface area contributed by atoms with Crippen LogP contribution in [0.15, 0.2) is 0 Å². The molecule has 1 N–H and O–H groups in total. The van der Waals surface area contributed by atoms with Crippen LogP contribution in [0, 0.1) is 11.3 Å². The number of hydrogen-bond donors (Lipinski definition) is 1. The Morgan fingerprint density at radius 1 is 1.27 bits per heavy atom. The van der Waals surface area contributed by atoms with Crippen molar-refractivity contribution in [1.82, 2.24) is 5.32 Å². The van der Waals surface area contributed by atoms with Crippen molar-refractivity contribution in [3.8, 4) is 0 Å². The van der Waals surface area contributed by atoms with E-state index in [2.05, 4.69) is 33.0 Å². The van der Waals surface area contributed by atoms with Gasteiger partial charge in [-0.3, -0.25) is 4.79 Å². The van der Waals surface area contributed by atoms with Crippen LogP contribution in [-0.4, -0.2) is 12.5 Å². The van der Waals surface area contributed by atoms with Gasteiger partial charge in [-0.1, -0.05) is 40.5 Å². The van der Waals surface area contributed by atoms with Gasteiger partial charge in [0.25, 0.3) is 0 Å². The first-order valence-corrected chi connectivity index (χ1v) is 6.18. The van der Waals surface area contributed by atoms with E-state index in [1.807, 2.05) is 6.92 Å². The van der Waals surface area contributed by atoms with Gasteiger partial charge in [-0.25, -0.2) is 0 Å². The molecule has 2 heteroatoms. The van der Waals surface area contributed by atoms with Gasteiger partial charge in [-0.15, -0.1) is 0 Å². The van der Waals surface area contributed by atoms with Crippen LogP contribution in [-0.2, 0) is 4.79 Å². The number of hydrogen-bond acceptors (Lipinski definition) is 1. The molecule has 0 aliphatic heterocycles. The summed E-state index contributed by atoms with van der Waals surface area (Å²) in [7, 11) is 0. The zero-order chi connectivity index (χ0) is 11.9. The minimum Gasteiger partial charge on any atom is -0.356 e. The van der Waals surface area contributed by atoms with Gasteiger partial charge in [0.2, 0.25) is 5.91 Å². The summed E-state index contributed by atoms with van der Waals surface area (Å²) in [6.45, 7) is 11.5. The Bertz CT molecular complexity index is 181. The van der Waals surface area contributed by atoms with Gasteiger partial charge in [0.05, 0.1) is 0 Å². The van der Waals surface area contributed by atoms with Crippen molar-refractivity contribution in [2.24, 2.45) is 11.3 Å². The monoisotopic (exact) mass is 213 g/mol. The summed E-state index contributed by atoms with van der Waals surface area (Å²) >= 11 is 0. The number of carbonyl (C=O) groups excluding carboxylic acids is 1. The molecule has 0 aromatic heterocycles. The minimum absolute atomic E-state index is 0.199. The van der Waals surface area contributed by atoms with Crippen molar-refractivity contribution in [1.29, 1.82) is 0 Å². The molecule has 0 radical (unpaired) electrons. The molecule has 0 rings (SSSR count). The Hall–Kier alpha value is -0.530. The van der Waals surface area contributed by atoms with Crippen molar-refractivity contribution in [3.05, 3.63) is 0 Å². The second-order valence-electron chi connectivity index (χ2n) is 5.50. The number of nitrogens with one attached hydrogen (secondary N) is 1. The van der Waals surface area contributed by atoms with Crippen LogP contribution in [0.4, 0.5) is 0 Å². The van der Waals surface area contributed by atoms with E-state index in [1.165, 1.54) is 6.42 Å². The summed E-state index contributed by atoms with van der Waals surface area (Å²) in [5.74, 6) is 0.436. The van der Waals surface area contributed by atoms with Gasteiger partial charge in [-0.05, 0) is 25.2 Å². The van der Waals surface area contributed by atoms with Crippen LogP contribution in [0.3, 0.4) is 0 Å². The van der Waals surface area contributed by atoms with E-state index < -0.39 is 0 Å². The van der Waals surface area contributed by atoms with Gasteiger partial charge >= 0.3 is 0 Å². The number of carbonyl (C=O) groups is 1. The number of rotatable bonds is 6. The first-order valence-electron chi connectivity index (χ1n) is 6.18. The lowest BCUT2D eigenvalue weighted by atomic mass is 9.82. The minimum atomic E-state index is 0.199. The predicted molar refractivity (Wildman–Crippen MR) is 65.8 cm³/mol. The molecule has 0 aliphatic rings. The van der Waals surface area contributed by atoms with Crippen molar-refractivity contribution < 1.29 is 4.79 Å². The maximum atomic E-state index is 11.8. The molecule has 1 amide bonds. The maximum absolute atomic E-state index is 11.8. The van der Waals surface area contributed by atoms with Gasteiger partial charge in [0, 0.05) is 12.5 Å². The lowest BCUT2D eigenvalue weighted by Gasteiger charge is -2.25. The SMILES string of the molecule is CCCCC(CC(C)(C)C)C(=O)NCC. The summed E-state index contributed by atoms with van der Waals surface area (Å²) in [6.07, 6.45) is 4.33. The zero-order valence-corrected chi connectivity index (χ0v) is 11.0. The third-order valence-corrected chi connectivity index (χ3v) is 2.49. The maximum Gasteiger partial charge on any atom is 0.223 e. The molecule has 0 spiro atoms. The van der Waals surface area contributed by atoms with E-state index in [-0.39, 0.29) is 17.2 Å². The number of unbranched alkanes of at least 4 members (excludes halogenated alkanes) is 1. The average molecular weight is 213 g/mol. The fourth-order valence-electron chi connectivity index (χ4n) is 1.83. The van der Waals surface area contributed by atoms with Crippen LogP contribution in [0.5, 0.6) is 0 Å². The van der Waals surface area contributed by atoms with E-state index in [4.69, 9.17) is 0 Å². The molecular weight excluding hydrogens is 186 g/mol. The summed E-state index contributed by atoms with van der Waals surface area (Å²) in [5.41, 5.74) is 0.240. The van der Waals surface area contributed by atoms with Crippen molar-refractivity contribution >= 4 is 5.91 Å². The van der Waals surface area contributed by atoms with Crippen molar-refractivity contribution in [2.45, 2.75) is 60.3 Å². The fourth-order valence-corrected chi connectivity index (χ4v) is 1.83. The van der Waals surface area contributed by atoms with Crippen LogP contribution in [0.25, 0.3) is 0 Å². The quantitative estimate of drug-likeness (QED) is 0.720. The fraction of sp³-hybridized carbons (Fsp3) is 0.923. The smallest absolute Gasteiger partial charge is 0.223 e. The summed E-state index contributed by atoms with van der Waals surface area (Å²) in [4.78, 5) is 11.8. The van der Waals surface area contributed by atoms with Gasteiger partial charge in [0.1, 0.15) is 0 Å². The van der Waals surface area contributed by atoms with Crippen LogP contribution < -0.4 is 5.32 Å². The standard InChI is InChI=1S/C13H27NO/c1-6-8-9-11(10-13(3,4)5)12(15)14-7-2/h11H,6-10H2,1-5H3,(H,14,15). The summed E-state index contributed by atoms with van der Waals surface area (Å²) < 4.78 is 0. The Morgan fingerprint density at radius 3 is 2.27 bits per heavy atom. The summed E-state index contributed by atoms with van der Waals surface area (Å²) in [5, 5.41) is 2.94. The topological polar surface area (TPSA) is 29.1 Å². The van der Waals surface area contributed by atoms with Gasteiger partial charge in [-0.2, -0.15) is 0 Å². The third-order valence-electron chi connectivity index (χ3n) is 2.49. The van der Waals surface area contributed by atoms with Crippen LogP contribution in [0.2, 0.25) is 0 Å². The molecule has 0 bridgehead atoms. The lowest BCUT2D eigenvalue weighted by molar-refractivity contribution is -0.126. The Labute approximate surface area is 94.8 Å². The van der Waals surface area contributed by atoms with E-state index in [1.54, 1.807) is 0 Å². The Morgan fingerprint density at radius 2 is 1.87 bits per heavy atom. The third kappa shape index (κ3) is 7.40. The van der Waals surface area contributed by atoms with E-state index in [0.29, 0.717) is 0 Å². The Balaban J connectivity index is 4.23. The highest BCUT2D eigenvalue weighted by molar-refractivity contribution is 5.78.